The monoisotopic (exact) mass is 197 g/mol. The highest BCUT2D eigenvalue weighted by Gasteiger charge is 2.16. The molecule has 3 atom stereocenters. The molecule has 0 saturated heterocycles. The van der Waals surface area contributed by atoms with E-state index in [0.717, 1.165) is 18.0 Å². The van der Waals surface area contributed by atoms with Crippen LogP contribution in [0.1, 0.15) is 65.7 Å². The maximum absolute atomic E-state index is 3.78. The summed E-state index contributed by atoms with van der Waals surface area (Å²) in [7, 11) is 0. The Morgan fingerprint density at radius 1 is 1.21 bits per heavy atom. The van der Waals surface area contributed by atoms with E-state index in [-0.39, 0.29) is 0 Å². The summed E-state index contributed by atoms with van der Waals surface area (Å²) in [6.07, 6.45) is 9.73. The fourth-order valence-corrected chi connectivity index (χ4v) is 2.57. The van der Waals surface area contributed by atoms with E-state index in [1.165, 1.54) is 44.9 Å². The molecule has 1 heteroatoms. The van der Waals surface area contributed by atoms with Gasteiger partial charge in [-0.2, -0.15) is 0 Å². The lowest BCUT2D eigenvalue weighted by Gasteiger charge is -2.21. The Morgan fingerprint density at radius 2 is 2.00 bits per heavy atom. The topological polar surface area (TPSA) is 12.0 Å². The zero-order chi connectivity index (χ0) is 10.4. The molecule has 3 unspecified atom stereocenters. The SMILES string of the molecule is CCCC(C)NC1CCCC(C)CC1. The fraction of sp³-hybridized carbons (Fsp3) is 1.00. The molecule has 1 aliphatic carbocycles. The average Bonchev–Trinajstić information content (AvgIpc) is 2.32. The highest BCUT2D eigenvalue weighted by molar-refractivity contribution is 4.75. The molecule has 0 aromatic carbocycles. The normalized spacial score (nSPS) is 31.1. The Bertz CT molecular complexity index is 144. The first-order chi connectivity index (χ1) is 6.72. The lowest BCUT2D eigenvalue weighted by atomic mass is 10.0. The van der Waals surface area contributed by atoms with Crippen molar-refractivity contribution in [3.05, 3.63) is 0 Å². The summed E-state index contributed by atoms with van der Waals surface area (Å²) in [4.78, 5) is 0. The minimum Gasteiger partial charge on any atom is -0.312 e. The van der Waals surface area contributed by atoms with E-state index in [2.05, 4.69) is 26.1 Å². The summed E-state index contributed by atoms with van der Waals surface area (Å²) in [5, 5.41) is 3.78. The molecule has 0 heterocycles. The smallest absolute Gasteiger partial charge is 0.00696 e. The van der Waals surface area contributed by atoms with Crippen LogP contribution < -0.4 is 5.32 Å². The molecule has 1 N–H and O–H groups in total. The van der Waals surface area contributed by atoms with Gasteiger partial charge in [-0.1, -0.05) is 33.1 Å². The predicted molar refractivity (Wildman–Crippen MR) is 63.5 cm³/mol. The van der Waals surface area contributed by atoms with Crippen molar-refractivity contribution in [1.29, 1.82) is 0 Å². The molecule has 0 spiro atoms. The van der Waals surface area contributed by atoms with Crippen molar-refractivity contribution in [3.8, 4) is 0 Å². The first-order valence-corrected chi connectivity index (χ1v) is 6.48. The molecule has 1 fully saturated rings. The second kappa shape index (κ2) is 6.44. The van der Waals surface area contributed by atoms with Crippen LogP contribution in [0.4, 0.5) is 0 Å². The van der Waals surface area contributed by atoms with Gasteiger partial charge in [0.1, 0.15) is 0 Å². The van der Waals surface area contributed by atoms with Crippen molar-refractivity contribution in [2.45, 2.75) is 77.8 Å². The van der Waals surface area contributed by atoms with Crippen molar-refractivity contribution in [2.24, 2.45) is 5.92 Å². The lowest BCUT2D eigenvalue weighted by Crippen LogP contribution is -2.36. The predicted octanol–water partition coefficient (Wildman–Crippen LogP) is 3.73. The van der Waals surface area contributed by atoms with Crippen LogP contribution >= 0.6 is 0 Å². The zero-order valence-corrected chi connectivity index (χ0v) is 10.2. The van der Waals surface area contributed by atoms with Gasteiger partial charge in [0, 0.05) is 12.1 Å². The van der Waals surface area contributed by atoms with Crippen molar-refractivity contribution >= 4 is 0 Å². The number of nitrogens with one attached hydrogen (secondary N) is 1. The Balaban J connectivity index is 2.22. The van der Waals surface area contributed by atoms with Gasteiger partial charge in [0.05, 0.1) is 0 Å². The van der Waals surface area contributed by atoms with Gasteiger partial charge in [0.2, 0.25) is 0 Å². The minimum atomic E-state index is 0.721. The molecule has 0 bridgehead atoms. The molecule has 0 amide bonds. The molecule has 0 aromatic heterocycles. The molecule has 1 saturated carbocycles. The molecule has 0 aliphatic heterocycles. The maximum Gasteiger partial charge on any atom is 0.00696 e. The van der Waals surface area contributed by atoms with Gasteiger partial charge >= 0.3 is 0 Å². The average molecular weight is 197 g/mol. The molecule has 14 heavy (non-hydrogen) atoms. The largest absolute Gasteiger partial charge is 0.312 e. The Hall–Kier alpha value is -0.0400. The highest BCUT2D eigenvalue weighted by atomic mass is 14.9. The van der Waals surface area contributed by atoms with Crippen LogP contribution in [-0.2, 0) is 0 Å². The van der Waals surface area contributed by atoms with E-state index in [9.17, 15) is 0 Å². The maximum atomic E-state index is 3.78. The van der Waals surface area contributed by atoms with Crippen LogP contribution in [0, 0.1) is 5.92 Å². The Morgan fingerprint density at radius 3 is 2.71 bits per heavy atom. The van der Waals surface area contributed by atoms with Gasteiger partial charge in [0.15, 0.2) is 0 Å². The third-order valence-corrected chi connectivity index (χ3v) is 3.50. The minimum absolute atomic E-state index is 0.721. The van der Waals surface area contributed by atoms with Gasteiger partial charge in [-0.25, -0.2) is 0 Å². The zero-order valence-electron chi connectivity index (χ0n) is 10.2. The van der Waals surface area contributed by atoms with Crippen molar-refractivity contribution in [1.82, 2.24) is 5.32 Å². The highest BCUT2D eigenvalue weighted by Crippen LogP contribution is 2.23. The van der Waals surface area contributed by atoms with Gasteiger partial charge in [0.25, 0.3) is 0 Å². The molecule has 1 nitrogen and oxygen atoms in total. The van der Waals surface area contributed by atoms with Gasteiger partial charge in [-0.15, -0.1) is 0 Å². The van der Waals surface area contributed by atoms with Gasteiger partial charge in [-0.05, 0) is 38.5 Å². The molecule has 1 aliphatic rings. The van der Waals surface area contributed by atoms with E-state index in [1.807, 2.05) is 0 Å². The van der Waals surface area contributed by atoms with Crippen molar-refractivity contribution in [3.63, 3.8) is 0 Å². The molecule has 84 valence electrons. The van der Waals surface area contributed by atoms with Gasteiger partial charge in [-0.3, -0.25) is 0 Å². The van der Waals surface area contributed by atoms with E-state index in [1.54, 1.807) is 0 Å². The first-order valence-electron chi connectivity index (χ1n) is 6.48. The van der Waals surface area contributed by atoms with Crippen molar-refractivity contribution in [2.75, 3.05) is 0 Å². The molecular weight excluding hydrogens is 170 g/mol. The Kier molecular flexibility index (Phi) is 5.54. The molecule has 1 rings (SSSR count). The second-order valence-corrected chi connectivity index (χ2v) is 5.17. The van der Waals surface area contributed by atoms with E-state index >= 15 is 0 Å². The summed E-state index contributed by atoms with van der Waals surface area (Å²) in [5.41, 5.74) is 0. The second-order valence-electron chi connectivity index (χ2n) is 5.17. The van der Waals surface area contributed by atoms with Crippen LogP contribution in [0.3, 0.4) is 0 Å². The van der Waals surface area contributed by atoms with Crippen LogP contribution in [0.5, 0.6) is 0 Å². The van der Waals surface area contributed by atoms with E-state index < -0.39 is 0 Å². The fourth-order valence-electron chi connectivity index (χ4n) is 2.57. The number of hydrogen-bond donors (Lipinski definition) is 1. The summed E-state index contributed by atoms with van der Waals surface area (Å²) < 4.78 is 0. The van der Waals surface area contributed by atoms with Crippen LogP contribution in [0.15, 0.2) is 0 Å². The summed E-state index contributed by atoms with van der Waals surface area (Å²) in [5.74, 6) is 0.961. The van der Waals surface area contributed by atoms with E-state index in [0.29, 0.717) is 0 Å². The third-order valence-electron chi connectivity index (χ3n) is 3.50. The summed E-state index contributed by atoms with van der Waals surface area (Å²) in [6, 6.07) is 1.53. The molecule has 0 aromatic rings. The molecular formula is C13H27N. The quantitative estimate of drug-likeness (QED) is 0.677. The van der Waals surface area contributed by atoms with E-state index in [4.69, 9.17) is 0 Å². The molecule has 0 radical (unpaired) electrons. The summed E-state index contributed by atoms with van der Waals surface area (Å²) >= 11 is 0. The van der Waals surface area contributed by atoms with Crippen LogP contribution in [0.2, 0.25) is 0 Å². The first kappa shape index (κ1) is 12.0. The van der Waals surface area contributed by atoms with Crippen molar-refractivity contribution < 1.29 is 0 Å². The summed E-state index contributed by atoms with van der Waals surface area (Å²) in [6.45, 7) is 7.00. The third kappa shape index (κ3) is 4.45. The lowest BCUT2D eigenvalue weighted by molar-refractivity contribution is 0.388. The number of hydrogen-bond acceptors (Lipinski definition) is 1. The standard InChI is InChI=1S/C13H27N/c1-4-6-12(3)14-13-8-5-7-11(2)9-10-13/h11-14H,4-10H2,1-3H3. The van der Waals surface area contributed by atoms with Crippen LogP contribution in [-0.4, -0.2) is 12.1 Å². The van der Waals surface area contributed by atoms with Crippen LogP contribution in [0.25, 0.3) is 0 Å². The number of rotatable bonds is 4. The Labute approximate surface area is 89.7 Å². The van der Waals surface area contributed by atoms with Gasteiger partial charge < -0.3 is 5.32 Å².